The normalized spacial score (nSPS) is 11.8. The lowest BCUT2D eigenvalue weighted by Gasteiger charge is -2.15. The summed E-state index contributed by atoms with van der Waals surface area (Å²) >= 11 is 2.09. The minimum atomic E-state index is -0.476. The van der Waals surface area contributed by atoms with Crippen LogP contribution in [0.5, 0.6) is 11.5 Å². The third-order valence-electron chi connectivity index (χ3n) is 5.11. The molecule has 0 heterocycles. The highest BCUT2D eigenvalue weighted by atomic mass is 127. The number of benzene rings is 3. The smallest absolute Gasteiger partial charge is 0.269 e. The first kappa shape index (κ1) is 25.7. The largest absolute Gasteiger partial charge is 0.493 e. The van der Waals surface area contributed by atoms with Gasteiger partial charge in [0, 0.05) is 12.1 Å². The van der Waals surface area contributed by atoms with Crippen LogP contribution in [0.2, 0.25) is 0 Å². The lowest BCUT2D eigenvalue weighted by atomic mass is 10.1. The van der Waals surface area contributed by atoms with E-state index >= 15 is 0 Å². The number of halogens is 1. The van der Waals surface area contributed by atoms with Crippen LogP contribution in [0.15, 0.2) is 72.3 Å². The molecule has 1 N–H and O–H groups in total. The molecule has 3 aromatic rings. The fraction of sp³-hybridized carbons (Fsp3) is 0.154. The van der Waals surface area contributed by atoms with E-state index in [2.05, 4.69) is 27.9 Å². The van der Waals surface area contributed by atoms with Crippen LogP contribution in [-0.4, -0.2) is 17.9 Å². The lowest BCUT2D eigenvalue weighted by Crippen LogP contribution is -2.27. The van der Waals surface area contributed by atoms with E-state index in [4.69, 9.17) is 9.47 Å². The molecule has 0 aliphatic heterocycles. The van der Waals surface area contributed by atoms with Crippen LogP contribution in [0.25, 0.3) is 6.08 Å². The molecule has 0 bridgehead atoms. The van der Waals surface area contributed by atoms with Crippen molar-refractivity contribution >= 4 is 40.3 Å². The molecule has 0 saturated heterocycles. The number of hydrogen-bond donors (Lipinski definition) is 1. The lowest BCUT2D eigenvalue weighted by molar-refractivity contribution is -0.384. The molecule has 35 heavy (non-hydrogen) atoms. The van der Waals surface area contributed by atoms with Crippen LogP contribution >= 0.6 is 22.6 Å². The van der Waals surface area contributed by atoms with Crippen molar-refractivity contribution in [2.24, 2.45) is 0 Å². The number of carbonyl (C=O) groups is 1. The number of nitrogens with one attached hydrogen (secondary N) is 1. The van der Waals surface area contributed by atoms with Gasteiger partial charge >= 0.3 is 0 Å². The van der Waals surface area contributed by atoms with Crippen LogP contribution < -0.4 is 14.8 Å². The van der Waals surface area contributed by atoms with E-state index in [0.29, 0.717) is 20.6 Å². The number of methoxy groups -OCH3 is 1. The molecule has 0 aliphatic carbocycles. The van der Waals surface area contributed by atoms with Gasteiger partial charge in [0.05, 0.1) is 21.6 Å². The van der Waals surface area contributed by atoms with Crippen LogP contribution in [0.3, 0.4) is 0 Å². The standard InChI is InChI=1S/C26H22IN3O5/c1-17(20-6-4-3-5-7-20)29-26(31)21(15-28)12-19-13-23(27)25(24(14-19)34-2)35-16-18-8-10-22(11-9-18)30(32)33/h3-14,17H,16H2,1-2H3,(H,29,31)/b21-12-/t17-/m1/s1. The number of carbonyl (C=O) groups excluding carboxylic acids is 1. The summed E-state index contributed by atoms with van der Waals surface area (Å²) in [5.41, 5.74) is 2.27. The Morgan fingerprint density at radius 1 is 1.20 bits per heavy atom. The molecule has 178 valence electrons. The molecular formula is C26H22IN3O5. The molecule has 0 spiro atoms. The van der Waals surface area contributed by atoms with Gasteiger partial charge in [-0.25, -0.2) is 0 Å². The zero-order valence-corrected chi connectivity index (χ0v) is 21.2. The fourth-order valence-corrected chi connectivity index (χ4v) is 4.03. The van der Waals surface area contributed by atoms with Gasteiger partial charge in [-0.1, -0.05) is 30.3 Å². The summed E-state index contributed by atoms with van der Waals surface area (Å²) in [6, 6.07) is 20.7. The van der Waals surface area contributed by atoms with Gasteiger partial charge in [-0.2, -0.15) is 5.26 Å². The molecule has 3 rings (SSSR count). The SMILES string of the molecule is COc1cc(/C=C(/C#N)C(=O)N[C@H](C)c2ccccc2)cc(I)c1OCc1ccc([N+](=O)[O-])cc1. The molecular weight excluding hydrogens is 561 g/mol. The number of nitriles is 1. The Morgan fingerprint density at radius 3 is 2.49 bits per heavy atom. The highest BCUT2D eigenvalue weighted by molar-refractivity contribution is 14.1. The maximum atomic E-state index is 12.7. The van der Waals surface area contributed by atoms with Gasteiger partial charge in [0.1, 0.15) is 18.2 Å². The zero-order chi connectivity index (χ0) is 25.4. The molecule has 0 unspecified atom stereocenters. The summed E-state index contributed by atoms with van der Waals surface area (Å²) in [5.74, 6) is 0.445. The fourth-order valence-electron chi connectivity index (χ4n) is 3.25. The van der Waals surface area contributed by atoms with Crippen molar-refractivity contribution < 1.29 is 19.2 Å². The Kier molecular flexibility index (Phi) is 8.80. The first-order valence-electron chi connectivity index (χ1n) is 10.5. The van der Waals surface area contributed by atoms with Crippen LogP contribution in [0.1, 0.15) is 29.7 Å². The molecule has 1 amide bonds. The Bertz CT molecular complexity index is 1280. The first-order valence-corrected chi connectivity index (χ1v) is 11.6. The zero-order valence-electron chi connectivity index (χ0n) is 19.0. The Morgan fingerprint density at radius 2 is 1.89 bits per heavy atom. The predicted octanol–water partition coefficient (Wildman–Crippen LogP) is 5.57. The number of non-ortho nitro benzene ring substituents is 1. The average Bonchev–Trinajstić information content (AvgIpc) is 2.86. The van der Waals surface area contributed by atoms with E-state index < -0.39 is 10.8 Å². The third kappa shape index (κ3) is 6.80. The molecule has 0 aliphatic rings. The van der Waals surface area contributed by atoms with E-state index in [-0.39, 0.29) is 23.9 Å². The number of nitrogens with zero attached hydrogens (tertiary/aromatic N) is 2. The van der Waals surface area contributed by atoms with E-state index in [1.54, 1.807) is 24.3 Å². The summed E-state index contributed by atoms with van der Waals surface area (Å²) < 4.78 is 12.1. The third-order valence-corrected chi connectivity index (χ3v) is 5.91. The maximum Gasteiger partial charge on any atom is 0.269 e. The Hall–Kier alpha value is -3.91. The van der Waals surface area contributed by atoms with E-state index in [1.165, 1.54) is 25.3 Å². The summed E-state index contributed by atoms with van der Waals surface area (Å²) in [6.45, 7) is 2.04. The van der Waals surface area contributed by atoms with Crippen molar-refractivity contribution in [3.63, 3.8) is 0 Å². The first-order chi connectivity index (χ1) is 16.8. The minimum absolute atomic E-state index is 0.00699. The molecule has 9 heteroatoms. The summed E-state index contributed by atoms with van der Waals surface area (Å²) in [6.07, 6.45) is 1.50. The van der Waals surface area contributed by atoms with E-state index in [0.717, 1.165) is 11.1 Å². The number of ether oxygens (including phenoxy) is 2. The summed E-state index contributed by atoms with van der Waals surface area (Å²) in [7, 11) is 1.50. The van der Waals surface area contributed by atoms with Crippen molar-refractivity contribution in [1.82, 2.24) is 5.32 Å². The Labute approximate surface area is 216 Å². The Balaban J connectivity index is 1.77. The molecule has 8 nitrogen and oxygen atoms in total. The molecule has 0 aromatic heterocycles. The quantitative estimate of drug-likeness (QED) is 0.116. The number of nitro benzene ring substituents is 1. The van der Waals surface area contributed by atoms with Crippen molar-refractivity contribution in [2.75, 3.05) is 7.11 Å². The molecule has 0 radical (unpaired) electrons. The van der Waals surface area contributed by atoms with Gasteiger partial charge in [0.15, 0.2) is 11.5 Å². The number of amides is 1. The van der Waals surface area contributed by atoms with Gasteiger partial charge in [0.2, 0.25) is 0 Å². The van der Waals surface area contributed by atoms with Crippen molar-refractivity contribution in [2.45, 2.75) is 19.6 Å². The van der Waals surface area contributed by atoms with E-state index in [1.807, 2.05) is 43.3 Å². The van der Waals surface area contributed by atoms with Crippen molar-refractivity contribution in [3.8, 4) is 17.6 Å². The van der Waals surface area contributed by atoms with Crippen LogP contribution in [0, 0.1) is 25.0 Å². The monoisotopic (exact) mass is 583 g/mol. The van der Waals surface area contributed by atoms with Gasteiger partial charge in [-0.05, 0) is 76.5 Å². The van der Waals surface area contributed by atoms with E-state index in [9.17, 15) is 20.2 Å². The number of rotatable bonds is 9. The van der Waals surface area contributed by atoms with Crippen molar-refractivity contribution in [3.05, 3.63) is 103 Å². The molecule has 3 aromatic carbocycles. The highest BCUT2D eigenvalue weighted by Gasteiger charge is 2.16. The average molecular weight is 583 g/mol. The van der Waals surface area contributed by atoms with Gasteiger partial charge in [-0.15, -0.1) is 0 Å². The van der Waals surface area contributed by atoms with Gasteiger partial charge in [0.25, 0.3) is 11.6 Å². The van der Waals surface area contributed by atoms with Gasteiger partial charge < -0.3 is 14.8 Å². The second kappa shape index (κ2) is 12.0. The summed E-state index contributed by atoms with van der Waals surface area (Å²) in [4.78, 5) is 23.1. The number of nitro groups is 1. The molecule has 1 atom stereocenters. The maximum absolute atomic E-state index is 12.7. The van der Waals surface area contributed by atoms with Crippen molar-refractivity contribution in [1.29, 1.82) is 5.26 Å². The highest BCUT2D eigenvalue weighted by Crippen LogP contribution is 2.35. The second-order valence-corrected chi connectivity index (χ2v) is 8.68. The van der Waals surface area contributed by atoms with Gasteiger partial charge in [-0.3, -0.25) is 14.9 Å². The summed E-state index contributed by atoms with van der Waals surface area (Å²) in [5, 5.41) is 23.2. The molecule has 0 fully saturated rings. The number of hydrogen-bond acceptors (Lipinski definition) is 6. The molecule has 0 saturated carbocycles. The predicted molar refractivity (Wildman–Crippen MR) is 140 cm³/mol. The minimum Gasteiger partial charge on any atom is -0.493 e. The second-order valence-electron chi connectivity index (χ2n) is 7.52. The topological polar surface area (TPSA) is 114 Å². The van der Waals surface area contributed by atoms with Crippen LogP contribution in [0.4, 0.5) is 5.69 Å². The van der Waals surface area contributed by atoms with Crippen LogP contribution in [-0.2, 0) is 11.4 Å².